The van der Waals surface area contributed by atoms with E-state index >= 15 is 4.39 Å². The van der Waals surface area contributed by atoms with Gasteiger partial charge >= 0.3 is 5.97 Å². The molecule has 4 aromatic carbocycles. The van der Waals surface area contributed by atoms with Gasteiger partial charge in [-0.1, -0.05) is 72.8 Å². The normalized spacial score (nSPS) is 18.5. The van der Waals surface area contributed by atoms with Crippen molar-refractivity contribution in [2.45, 2.75) is 44.4 Å². The van der Waals surface area contributed by atoms with Crippen molar-refractivity contribution in [3.05, 3.63) is 107 Å². The van der Waals surface area contributed by atoms with Crippen molar-refractivity contribution in [3.8, 4) is 11.5 Å². The Morgan fingerprint density at radius 1 is 1.00 bits per heavy atom. The number of fused-ring (bicyclic) bond motifs is 2. The first-order valence-corrected chi connectivity index (χ1v) is 12.6. The van der Waals surface area contributed by atoms with Gasteiger partial charge in [0.2, 0.25) is 0 Å². The van der Waals surface area contributed by atoms with Crippen LogP contribution in [-0.2, 0) is 4.79 Å². The van der Waals surface area contributed by atoms with Crippen molar-refractivity contribution in [3.63, 3.8) is 0 Å². The molecule has 0 fully saturated rings. The number of nitrogens with one attached hydrogen (secondary N) is 1. The van der Waals surface area contributed by atoms with Crippen molar-refractivity contribution in [2.75, 3.05) is 6.54 Å². The molecule has 5 nitrogen and oxygen atoms in total. The van der Waals surface area contributed by atoms with Crippen LogP contribution in [-0.4, -0.2) is 29.8 Å². The summed E-state index contributed by atoms with van der Waals surface area (Å²) < 4.78 is 27.3. The molecule has 2 N–H and O–H groups in total. The lowest BCUT2D eigenvalue weighted by Crippen LogP contribution is -2.37. The maximum absolute atomic E-state index is 15.6. The van der Waals surface area contributed by atoms with Gasteiger partial charge in [0.05, 0.1) is 0 Å². The summed E-state index contributed by atoms with van der Waals surface area (Å²) >= 11 is 0. The summed E-state index contributed by atoms with van der Waals surface area (Å²) in [6.07, 6.45) is -0.764. The summed E-state index contributed by atoms with van der Waals surface area (Å²) in [5.41, 5.74) is 2.59. The number of carboxylic acid groups (broad SMARTS) is 1. The Balaban J connectivity index is 1.38. The van der Waals surface area contributed by atoms with Gasteiger partial charge in [0.25, 0.3) is 0 Å². The molecule has 0 aliphatic carbocycles. The molecular weight excluding hydrogens is 469 g/mol. The lowest BCUT2D eigenvalue weighted by atomic mass is 9.83. The number of hydrogen-bond acceptors (Lipinski definition) is 4. The summed E-state index contributed by atoms with van der Waals surface area (Å²) in [5, 5.41) is 15.2. The molecule has 0 saturated carbocycles. The van der Waals surface area contributed by atoms with Crippen LogP contribution in [0.2, 0.25) is 0 Å². The molecule has 0 saturated heterocycles. The molecule has 1 unspecified atom stereocenters. The van der Waals surface area contributed by atoms with Crippen molar-refractivity contribution in [1.82, 2.24) is 5.32 Å². The largest absolute Gasteiger partial charge is 0.489 e. The highest BCUT2D eigenvalue weighted by Crippen LogP contribution is 2.42. The molecule has 1 aliphatic rings. The number of aliphatic carboxylic acids is 1. The molecule has 1 heterocycles. The lowest BCUT2D eigenvalue weighted by molar-refractivity contribution is -0.144. The van der Waals surface area contributed by atoms with Crippen LogP contribution in [0.25, 0.3) is 10.8 Å². The first kappa shape index (κ1) is 24.8. The second kappa shape index (κ2) is 10.6. The van der Waals surface area contributed by atoms with E-state index in [9.17, 15) is 9.90 Å². The quantitative estimate of drug-likeness (QED) is 0.291. The second-order valence-electron chi connectivity index (χ2n) is 9.52. The van der Waals surface area contributed by atoms with Crippen molar-refractivity contribution >= 4 is 16.7 Å². The molecule has 0 radical (unpaired) electrons. The van der Waals surface area contributed by atoms with Gasteiger partial charge in [0, 0.05) is 24.1 Å². The Kier molecular flexibility index (Phi) is 7.10. The molecule has 0 amide bonds. The van der Waals surface area contributed by atoms with Gasteiger partial charge in [0.1, 0.15) is 11.9 Å². The number of carbonyl (C=O) groups is 1. The number of halogens is 1. The van der Waals surface area contributed by atoms with Gasteiger partial charge in [0.15, 0.2) is 17.7 Å². The fourth-order valence-electron chi connectivity index (χ4n) is 5.09. The van der Waals surface area contributed by atoms with Gasteiger partial charge in [-0.15, -0.1) is 0 Å². The average Bonchev–Trinajstić information content (AvgIpc) is 2.92. The van der Waals surface area contributed by atoms with Gasteiger partial charge < -0.3 is 19.9 Å². The fraction of sp³-hybridized carbons (Fsp3) is 0.258. The number of ether oxygens (including phenoxy) is 2. The molecule has 0 spiro atoms. The zero-order valence-corrected chi connectivity index (χ0v) is 20.9. The Hall–Kier alpha value is -3.90. The maximum atomic E-state index is 15.6. The molecule has 190 valence electrons. The van der Waals surface area contributed by atoms with E-state index in [-0.39, 0.29) is 23.8 Å². The lowest BCUT2D eigenvalue weighted by Gasteiger charge is -2.34. The van der Waals surface area contributed by atoms with Crippen LogP contribution >= 0.6 is 0 Å². The summed E-state index contributed by atoms with van der Waals surface area (Å²) in [6.45, 7) is 4.11. The Morgan fingerprint density at radius 3 is 2.54 bits per heavy atom. The molecule has 4 atom stereocenters. The standard InChI is InChI=1S/C31H30FNO4/c1-19(23-13-7-10-21-9-3-4-11-24(21)23)33-18-22-17-27(25-12-5-6-15-28(25)37-22)26-14-8-16-29(30(26)32)36-20(2)31(34)35/h3-16,19-20,22,27,33H,17-18H2,1-2H3,(H,34,35)/t19-,20?,22-,27-/m1/s1. The van der Waals surface area contributed by atoms with E-state index in [0.29, 0.717) is 18.5 Å². The predicted molar refractivity (Wildman–Crippen MR) is 142 cm³/mol. The monoisotopic (exact) mass is 499 g/mol. The molecule has 0 bridgehead atoms. The smallest absolute Gasteiger partial charge is 0.344 e. The highest BCUT2D eigenvalue weighted by atomic mass is 19.1. The van der Waals surface area contributed by atoms with Crippen LogP contribution in [0.4, 0.5) is 4.39 Å². The number of para-hydroxylation sites is 1. The molecule has 6 heteroatoms. The van der Waals surface area contributed by atoms with E-state index in [0.717, 1.165) is 11.3 Å². The van der Waals surface area contributed by atoms with E-state index in [2.05, 4.69) is 42.6 Å². The van der Waals surface area contributed by atoms with E-state index < -0.39 is 17.9 Å². The van der Waals surface area contributed by atoms with E-state index in [1.54, 1.807) is 12.1 Å². The van der Waals surface area contributed by atoms with Crippen LogP contribution in [0.15, 0.2) is 84.9 Å². The second-order valence-corrected chi connectivity index (χ2v) is 9.52. The number of carboxylic acids is 1. The molecule has 1 aliphatic heterocycles. The molecule has 5 rings (SSSR count). The van der Waals surface area contributed by atoms with Gasteiger partial charge in [-0.3, -0.25) is 0 Å². The van der Waals surface area contributed by atoms with Gasteiger partial charge in [-0.2, -0.15) is 0 Å². The number of hydrogen-bond donors (Lipinski definition) is 2. The average molecular weight is 500 g/mol. The van der Waals surface area contributed by atoms with Crippen molar-refractivity contribution in [2.24, 2.45) is 0 Å². The third kappa shape index (κ3) is 5.16. The fourth-order valence-corrected chi connectivity index (χ4v) is 5.09. The summed E-state index contributed by atoms with van der Waals surface area (Å²) in [7, 11) is 0. The minimum atomic E-state index is -1.15. The summed E-state index contributed by atoms with van der Waals surface area (Å²) in [6, 6.07) is 27.4. The van der Waals surface area contributed by atoms with Crippen LogP contribution in [0, 0.1) is 5.82 Å². The highest BCUT2D eigenvalue weighted by Gasteiger charge is 2.32. The number of benzene rings is 4. The summed E-state index contributed by atoms with van der Waals surface area (Å²) in [5.74, 6) is -1.27. The minimum absolute atomic E-state index is 0.0596. The minimum Gasteiger partial charge on any atom is -0.489 e. The Bertz CT molecular complexity index is 1420. The Labute approximate surface area is 215 Å². The van der Waals surface area contributed by atoms with Gasteiger partial charge in [-0.25, -0.2) is 9.18 Å². The van der Waals surface area contributed by atoms with Crippen LogP contribution in [0.3, 0.4) is 0 Å². The first-order chi connectivity index (χ1) is 17.9. The predicted octanol–water partition coefficient (Wildman–Crippen LogP) is 6.46. The third-order valence-corrected chi connectivity index (χ3v) is 7.05. The molecule has 0 aromatic heterocycles. The maximum Gasteiger partial charge on any atom is 0.344 e. The third-order valence-electron chi connectivity index (χ3n) is 7.05. The van der Waals surface area contributed by atoms with E-state index in [1.807, 2.05) is 36.4 Å². The van der Waals surface area contributed by atoms with Crippen LogP contribution in [0.1, 0.15) is 48.9 Å². The van der Waals surface area contributed by atoms with Crippen molar-refractivity contribution < 1.29 is 23.8 Å². The van der Waals surface area contributed by atoms with E-state index in [1.165, 1.54) is 29.3 Å². The summed E-state index contributed by atoms with van der Waals surface area (Å²) in [4.78, 5) is 11.2. The molecular formula is C31H30FNO4. The van der Waals surface area contributed by atoms with Gasteiger partial charge in [-0.05, 0) is 54.3 Å². The zero-order chi connectivity index (χ0) is 25.9. The SMILES string of the molecule is CC(Oc1cccc([C@@H]2C[C@H](CN[C@H](C)c3cccc4ccccc34)Oc3ccccc32)c1F)C(=O)O. The van der Waals surface area contributed by atoms with Crippen molar-refractivity contribution in [1.29, 1.82) is 0 Å². The van der Waals surface area contributed by atoms with Crippen LogP contribution in [0.5, 0.6) is 11.5 Å². The highest BCUT2D eigenvalue weighted by molar-refractivity contribution is 5.86. The van der Waals surface area contributed by atoms with E-state index in [4.69, 9.17) is 9.47 Å². The Morgan fingerprint density at radius 2 is 1.70 bits per heavy atom. The topological polar surface area (TPSA) is 67.8 Å². The molecule has 37 heavy (non-hydrogen) atoms. The number of rotatable bonds is 8. The first-order valence-electron chi connectivity index (χ1n) is 12.6. The molecule has 4 aromatic rings. The zero-order valence-electron chi connectivity index (χ0n) is 20.9. The van der Waals surface area contributed by atoms with Crippen LogP contribution < -0.4 is 14.8 Å².